The molecule has 1 aromatic heterocycles. The summed E-state index contributed by atoms with van der Waals surface area (Å²) < 4.78 is 0.731. The van der Waals surface area contributed by atoms with Gasteiger partial charge in [-0.15, -0.1) is 16.9 Å². The lowest BCUT2D eigenvalue weighted by atomic mass is 9.78. The maximum absolute atomic E-state index is 14.5. The number of amides is 3. The molecule has 2 aromatic carbocycles. The third-order valence-electron chi connectivity index (χ3n) is 8.71. The number of carbonyl (C=O) groups excluding carboxylic acids is 3. The minimum atomic E-state index is -0.953. The van der Waals surface area contributed by atoms with Gasteiger partial charge >= 0.3 is 0 Å². The van der Waals surface area contributed by atoms with Crippen LogP contribution in [0.15, 0.2) is 78.9 Å². The lowest BCUT2D eigenvalue weighted by Crippen LogP contribution is -2.56. The lowest BCUT2D eigenvalue weighted by Gasteiger charge is -2.37. The van der Waals surface area contributed by atoms with Crippen LogP contribution in [0.2, 0.25) is 0 Å². The molecule has 210 valence electrons. The number of carbonyl (C=O) groups is 3. The van der Waals surface area contributed by atoms with Gasteiger partial charge in [0.1, 0.15) is 18.2 Å². The van der Waals surface area contributed by atoms with Gasteiger partial charge in [-0.3, -0.25) is 14.4 Å². The van der Waals surface area contributed by atoms with Crippen LogP contribution in [0.5, 0.6) is 0 Å². The van der Waals surface area contributed by atoms with E-state index in [1.807, 2.05) is 78.9 Å². The van der Waals surface area contributed by atoms with E-state index < -0.39 is 28.7 Å². The molecule has 7 rings (SSSR count). The number of rotatable bonds is 5. The van der Waals surface area contributed by atoms with Crippen LogP contribution in [0, 0.1) is 11.8 Å². The first-order valence-electron chi connectivity index (χ1n) is 13.8. The van der Waals surface area contributed by atoms with Crippen molar-refractivity contribution < 1.29 is 19.5 Å². The zero-order valence-electron chi connectivity index (χ0n) is 22.5. The largest absolute Gasteiger partial charge is 0.394 e. The average molecular weight is 571 g/mol. The van der Waals surface area contributed by atoms with Crippen molar-refractivity contribution in [1.82, 2.24) is 24.8 Å². The van der Waals surface area contributed by atoms with Crippen LogP contribution in [0.25, 0.3) is 11.0 Å². The first-order valence-corrected chi connectivity index (χ1v) is 14.7. The molecule has 1 N–H and O–H groups in total. The van der Waals surface area contributed by atoms with Gasteiger partial charge in [0.15, 0.2) is 0 Å². The fourth-order valence-electron chi connectivity index (χ4n) is 6.84. The minimum absolute atomic E-state index is 0.123. The standard InChI is InChI=1S/C30H30N6O4S/c1-19(17-37)36-26-29(40)33(18-35-22-12-6-5-11-21(22)31-32-35)15-8-14-30(26)25(28(36)39)24-23(41-30)13-7-16-34(27(24)38)20-9-3-2-4-10-20/h2-14,19,23-26,37H,15-18H2,1H3/t19-,23-,24+,25+,26?,30+/m1/s1. The maximum Gasteiger partial charge on any atom is 0.248 e. The predicted octanol–water partition coefficient (Wildman–Crippen LogP) is 2.07. The fourth-order valence-corrected chi connectivity index (χ4v) is 8.83. The molecule has 5 heterocycles. The van der Waals surface area contributed by atoms with Crippen molar-refractivity contribution in [1.29, 1.82) is 0 Å². The number of aliphatic hydroxyl groups excluding tert-OH is 1. The molecule has 0 bridgehead atoms. The van der Waals surface area contributed by atoms with Crippen molar-refractivity contribution in [2.24, 2.45) is 11.8 Å². The van der Waals surface area contributed by atoms with E-state index in [1.165, 1.54) is 16.7 Å². The summed E-state index contributed by atoms with van der Waals surface area (Å²) in [5, 5.41) is 18.4. The Hall–Kier alpha value is -3.96. The summed E-state index contributed by atoms with van der Waals surface area (Å²) >= 11 is 1.53. The smallest absolute Gasteiger partial charge is 0.248 e. The quantitative estimate of drug-likeness (QED) is 0.468. The van der Waals surface area contributed by atoms with E-state index in [0.717, 1.165) is 16.7 Å². The van der Waals surface area contributed by atoms with E-state index in [0.29, 0.717) is 13.1 Å². The van der Waals surface area contributed by atoms with E-state index in [1.54, 1.807) is 21.4 Å². The highest BCUT2D eigenvalue weighted by Crippen LogP contribution is 2.61. The zero-order valence-corrected chi connectivity index (χ0v) is 23.3. The molecule has 6 atom stereocenters. The SMILES string of the molecule is C[C@H](CO)N1C(=O)[C@@H]2[C@H]3C(=O)N(c4ccccc4)CC=C[C@H]3S[C@@]23C=CCN(Cn2nnc4ccccc42)C(=O)C13. The topological polar surface area (TPSA) is 112 Å². The Labute approximate surface area is 241 Å². The van der Waals surface area contributed by atoms with Crippen molar-refractivity contribution in [2.75, 3.05) is 24.6 Å². The second kappa shape index (κ2) is 9.85. The molecule has 2 saturated heterocycles. The number of hydrogen-bond acceptors (Lipinski definition) is 7. The zero-order chi connectivity index (χ0) is 28.3. The second-order valence-corrected chi connectivity index (χ2v) is 12.5. The molecular formula is C30H30N6O4S. The number of thioether (sulfide) groups is 1. The molecule has 10 nitrogen and oxygen atoms in total. The Balaban J connectivity index is 1.29. The first-order chi connectivity index (χ1) is 19.9. The van der Waals surface area contributed by atoms with Gasteiger partial charge in [0.2, 0.25) is 17.7 Å². The second-order valence-electron chi connectivity index (χ2n) is 11.0. The number of benzene rings is 2. The van der Waals surface area contributed by atoms with Crippen molar-refractivity contribution in [3.8, 4) is 0 Å². The first kappa shape index (κ1) is 26.0. The summed E-state index contributed by atoms with van der Waals surface area (Å²) in [4.78, 5) is 48.0. The molecule has 41 heavy (non-hydrogen) atoms. The van der Waals surface area contributed by atoms with Crippen molar-refractivity contribution >= 4 is 46.2 Å². The molecule has 3 aromatic rings. The van der Waals surface area contributed by atoms with Crippen LogP contribution in [0.3, 0.4) is 0 Å². The van der Waals surface area contributed by atoms with Gasteiger partial charge in [0, 0.05) is 24.0 Å². The van der Waals surface area contributed by atoms with Crippen LogP contribution in [0.1, 0.15) is 6.92 Å². The highest BCUT2D eigenvalue weighted by atomic mass is 32.2. The summed E-state index contributed by atoms with van der Waals surface area (Å²) in [5.41, 5.74) is 2.31. The molecule has 1 spiro atoms. The molecule has 4 aliphatic rings. The van der Waals surface area contributed by atoms with Gasteiger partial charge < -0.3 is 19.8 Å². The molecule has 0 aliphatic carbocycles. The van der Waals surface area contributed by atoms with E-state index in [2.05, 4.69) is 10.3 Å². The van der Waals surface area contributed by atoms with Crippen molar-refractivity contribution in [3.63, 3.8) is 0 Å². The Morgan fingerprint density at radius 3 is 2.59 bits per heavy atom. The third kappa shape index (κ3) is 3.86. The van der Waals surface area contributed by atoms with E-state index in [-0.39, 0.29) is 36.2 Å². The maximum atomic E-state index is 14.5. The molecule has 0 radical (unpaired) electrons. The van der Waals surface area contributed by atoms with Gasteiger partial charge in [-0.05, 0) is 31.2 Å². The van der Waals surface area contributed by atoms with Crippen LogP contribution < -0.4 is 4.90 Å². The Kier molecular flexibility index (Phi) is 6.24. The number of fused-ring (bicyclic) bond motifs is 3. The molecule has 0 saturated carbocycles. The van der Waals surface area contributed by atoms with Crippen molar-refractivity contribution in [3.05, 3.63) is 78.9 Å². The summed E-state index contributed by atoms with van der Waals surface area (Å²) in [5.74, 6) is -2.01. The van der Waals surface area contributed by atoms with E-state index in [9.17, 15) is 19.5 Å². The van der Waals surface area contributed by atoms with Gasteiger partial charge in [0.05, 0.1) is 34.7 Å². The molecule has 2 fully saturated rings. The van der Waals surface area contributed by atoms with Gasteiger partial charge in [-0.1, -0.05) is 59.8 Å². The van der Waals surface area contributed by atoms with Gasteiger partial charge in [0.25, 0.3) is 0 Å². The Morgan fingerprint density at radius 1 is 1.00 bits per heavy atom. The average Bonchev–Trinajstić information content (AvgIpc) is 3.55. The predicted molar refractivity (Wildman–Crippen MR) is 155 cm³/mol. The minimum Gasteiger partial charge on any atom is -0.394 e. The van der Waals surface area contributed by atoms with E-state index >= 15 is 0 Å². The number of aliphatic hydroxyl groups is 1. The Bertz CT molecular complexity index is 1590. The Morgan fingerprint density at radius 2 is 1.78 bits per heavy atom. The van der Waals surface area contributed by atoms with Crippen LogP contribution in [0.4, 0.5) is 5.69 Å². The number of hydrogen-bond donors (Lipinski definition) is 1. The molecule has 1 unspecified atom stereocenters. The number of aromatic nitrogens is 3. The normalized spacial score (nSPS) is 29.9. The molecule has 4 aliphatic heterocycles. The number of likely N-dealkylation sites (tertiary alicyclic amines) is 1. The highest BCUT2D eigenvalue weighted by Gasteiger charge is 2.71. The molecular weight excluding hydrogens is 540 g/mol. The van der Waals surface area contributed by atoms with Gasteiger partial charge in [-0.2, -0.15) is 0 Å². The summed E-state index contributed by atoms with van der Waals surface area (Å²) in [6.07, 6.45) is 7.93. The molecule has 3 amide bonds. The number of anilines is 1. The fraction of sp³-hybridized carbons (Fsp3) is 0.367. The van der Waals surface area contributed by atoms with E-state index in [4.69, 9.17) is 0 Å². The van der Waals surface area contributed by atoms with Gasteiger partial charge in [-0.25, -0.2) is 4.68 Å². The number of para-hydroxylation sites is 2. The van der Waals surface area contributed by atoms with Crippen molar-refractivity contribution in [2.45, 2.75) is 35.7 Å². The highest BCUT2D eigenvalue weighted by molar-refractivity contribution is 8.02. The summed E-state index contributed by atoms with van der Waals surface area (Å²) in [7, 11) is 0. The van der Waals surface area contributed by atoms with Crippen LogP contribution >= 0.6 is 11.8 Å². The monoisotopic (exact) mass is 570 g/mol. The van der Waals surface area contributed by atoms with Crippen LogP contribution in [-0.4, -0.2) is 89.4 Å². The summed E-state index contributed by atoms with van der Waals surface area (Å²) in [6.45, 7) is 2.35. The lowest BCUT2D eigenvalue weighted by molar-refractivity contribution is -0.146. The molecule has 11 heteroatoms. The third-order valence-corrected chi connectivity index (χ3v) is 10.5. The summed E-state index contributed by atoms with van der Waals surface area (Å²) in [6, 6.07) is 15.5. The number of nitrogens with zero attached hydrogens (tertiary/aromatic N) is 6. The van der Waals surface area contributed by atoms with Crippen LogP contribution in [-0.2, 0) is 21.1 Å².